The van der Waals surface area contributed by atoms with E-state index in [0.29, 0.717) is 11.5 Å². The van der Waals surface area contributed by atoms with Gasteiger partial charge in [-0.15, -0.1) is 0 Å². The summed E-state index contributed by atoms with van der Waals surface area (Å²) in [6, 6.07) is 6.48. The average Bonchev–Trinajstić information content (AvgIpc) is 2.63. The van der Waals surface area contributed by atoms with Gasteiger partial charge in [0.25, 0.3) is 0 Å². The molecule has 2 rings (SSSR count). The van der Waals surface area contributed by atoms with Crippen LogP contribution in [0.1, 0.15) is 47.0 Å². The fourth-order valence-corrected chi connectivity index (χ4v) is 2.81. The minimum absolute atomic E-state index is 0.142. The van der Waals surface area contributed by atoms with Crippen LogP contribution in [0.15, 0.2) is 18.2 Å². The largest absolute Gasteiger partial charge is 0.489 e. The molecule has 1 aromatic carbocycles. The molecule has 19 heavy (non-hydrogen) atoms. The molecular weight excluding hydrogens is 236 g/mol. The van der Waals surface area contributed by atoms with Crippen LogP contribution in [0.25, 0.3) is 0 Å². The molecule has 0 heterocycles. The number of para-hydroxylation sites is 1. The molecule has 0 saturated heterocycles. The summed E-state index contributed by atoms with van der Waals surface area (Å²) in [4.78, 5) is 0. The van der Waals surface area contributed by atoms with E-state index in [1.54, 1.807) is 0 Å². The summed E-state index contributed by atoms with van der Waals surface area (Å²) in [5.41, 5.74) is 8.36. The van der Waals surface area contributed by atoms with Crippen molar-refractivity contribution >= 4 is 11.4 Å². The van der Waals surface area contributed by atoms with Gasteiger partial charge in [0.2, 0.25) is 0 Å². The van der Waals surface area contributed by atoms with Crippen LogP contribution >= 0.6 is 0 Å². The van der Waals surface area contributed by atoms with Gasteiger partial charge in [0.1, 0.15) is 5.75 Å². The number of hydrogen-bond donors (Lipinski definition) is 2. The van der Waals surface area contributed by atoms with Gasteiger partial charge in [-0.05, 0) is 50.7 Å². The molecule has 1 aromatic rings. The van der Waals surface area contributed by atoms with Gasteiger partial charge in [-0.2, -0.15) is 0 Å². The molecule has 0 spiro atoms. The lowest BCUT2D eigenvalue weighted by Crippen LogP contribution is -2.18. The first-order chi connectivity index (χ1) is 8.87. The van der Waals surface area contributed by atoms with E-state index in [1.807, 2.05) is 32.0 Å². The number of benzene rings is 1. The third kappa shape index (κ3) is 3.55. The molecule has 1 aliphatic rings. The van der Waals surface area contributed by atoms with Gasteiger partial charge in [0, 0.05) is 6.04 Å². The number of nitrogens with two attached hydrogens (primary N) is 1. The van der Waals surface area contributed by atoms with E-state index in [4.69, 9.17) is 10.5 Å². The summed E-state index contributed by atoms with van der Waals surface area (Å²) in [5, 5.41) is 3.57. The van der Waals surface area contributed by atoms with Crippen molar-refractivity contribution in [1.82, 2.24) is 0 Å². The van der Waals surface area contributed by atoms with Crippen LogP contribution in [0.3, 0.4) is 0 Å². The normalized spacial score (nSPS) is 21.6. The highest BCUT2D eigenvalue weighted by molar-refractivity contribution is 5.73. The second kappa shape index (κ2) is 5.32. The van der Waals surface area contributed by atoms with Crippen LogP contribution in [-0.2, 0) is 0 Å². The zero-order chi connectivity index (χ0) is 14.0. The average molecular weight is 262 g/mol. The van der Waals surface area contributed by atoms with Crippen LogP contribution in [0, 0.1) is 5.41 Å². The molecule has 106 valence electrons. The number of hydrogen-bond acceptors (Lipinski definition) is 3. The van der Waals surface area contributed by atoms with Crippen molar-refractivity contribution in [2.24, 2.45) is 5.41 Å². The Labute approximate surface area is 116 Å². The van der Waals surface area contributed by atoms with E-state index in [-0.39, 0.29) is 6.10 Å². The fourth-order valence-electron chi connectivity index (χ4n) is 2.81. The number of rotatable bonds is 4. The smallest absolute Gasteiger partial charge is 0.144 e. The van der Waals surface area contributed by atoms with Crippen molar-refractivity contribution in [3.63, 3.8) is 0 Å². The van der Waals surface area contributed by atoms with Crippen LogP contribution in [0.2, 0.25) is 0 Å². The minimum atomic E-state index is 0.142. The Morgan fingerprint density at radius 2 is 2.11 bits per heavy atom. The van der Waals surface area contributed by atoms with Crippen LogP contribution in [-0.4, -0.2) is 12.1 Å². The van der Waals surface area contributed by atoms with Crippen molar-refractivity contribution in [2.75, 3.05) is 11.1 Å². The Kier molecular flexibility index (Phi) is 3.93. The molecule has 3 N–H and O–H groups in total. The molecule has 1 saturated carbocycles. The molecule has 1 fully saturated rings. The summed E-state index contributed by atoms with van der Waals surface area (Å²) in [7, 11) is 0. The van der Waals surface area contributed by atoms with E-state index in [2.05, 4.69) is 19.2 Å². The van der Waals surface area contributed by atoms with Crippen LogP contribution in [0.5, 0.6) is 5.75 Å². The lowest BCUT2D eigenvalue weighted by molar-refractivity contribution is 0.244. The van der Waals surface area contributed by atoms with Crippen molar-refractivity contribution in [2.45, 2.75) is 59.1 Å². The van der Waals surface area contributed by atoms with Crippen molar-refractivity contribution in [3.05, 3.63) is 18.2 Å². The molecule has 3 heteroatoms. The van der Waals surface area contributed by atoms with Gasteiger partial charge >= 0.3 is 0 Å². The lowest BCUT2D eigenvalue weighted by Gasteiger charge is -2.21. The van der Waals surface area contributed by atoms with Gasteiger partial charge in [-0.1, -0.05) is 19.9 Å². The van der Waals surface area contributed by atoms with Gasteiger partial charge in [-0.3, -0.25) is 0 Å². The standard InChI is InChI=1S/C16H26N2O/c1-11(2)19-14-7-5-6-13(15(14)17)18-12-8-9-16(3,4)10-12/h5-7,11-12,18H,8-10,17H2,1-4H3. The first-order valence-electron chi connectivity index (χ1n) is 7.19. The summed E-state index contributed by atoms with van der Waals surface area (Å²) in [6.07, 6.45) is 3.82. The molecule has 3 nitrogen and oxygen atoms in total. The predicted octanol–water partition coefficient (Wildman–Crippen LogP) is 4.05. The SMILES string of the molecule is CC(C)Oc1cccc(NC2CCC(C)(C)C2)c1N. The second-order valence-corrected chi connectivity index (χ2v) is 6.63. The number of nitrogens with one attached hydrogen (secondary N) is 1. The predicted molar refractivity (Wildman–Crippen MR) is 81.7 cm³/mol. The van der Waals surface area contributed by atoms with E-state index >= 15 is 0 Å². The molecule has 0 aromatic heterocycles. The monoisotopic (exact) mass is 262 g/mol. The lowest BCUT2D eigenvalue weighted by atomic mass is 9.92. The van der Waals surface area contributed by atoms with E-state index < -0.39 is 0 Å². The Morgan fingerprint density at radius 3 is 2.68 bits per heavy atom. The number of ether oxygens (including phenoxy) is 1. The highest BCUT2D eigenvalue weighted by Crippen LogP contribution is 2.39. The third-order valence-electron chi connectivity index (χ3n) is 3.76. The Bertz CT molecular complexity index is 440. The topological polar surface area (TPSA) is 47.3 Å². The zero-order valence-electron chi connectivity index (χ0n) is 12.5. The third-order valence-corrected chi connectivity index (χ3v) is 3.76. The molecule has 0 bridgehead atoms. The maximum Gasteiger partial charge on any atom is 0.144 e. The Hall–Kier alpha value is -1.38. The number of anilines is 2. The van der Waals surface area contributed by atoms with E-state index in [1.165, 1.54) is 19.3 Å². The quantitative estimate of drug-likeness (QED) is 0.805. The highest BCUT2D eigenvalue weighted by Gasteiger charge is 2.31. The van der Waals surface area contributed by atoms with E-state index in [0.717, 1.165) is 17.1 Å². The first-order valence-corrected chi connectivity index (χ1v) is 7.19. The molecule has 1 unspecified atom stereocenters. The van der Waals surface area contributed by atoms with Gasteiger partial charge in [0.15, 0.2) is 0 Å². The number of nitrogen functional groups attached to an aromatic ring is 1. The zero-order valence-corrected chi connectivity index (χ0v) is 12.5. The summed E-state index contributed by atoms with van der Waals surface area (Å²) >= 11 is 0. The molecule has 0 amide bonds. The summed E-state index contributed by atoms with van der Waals surface area (Å²) < 4.78 is 5.73. The minimum Gasteiger partial charge on any atom is -0.489 e. The van der Waals surface area contributed by atoms with Crippen molar-refractivity contribution < 1.29 is 4.74 Å². The highest BCUT2D eigenvalue weighted by atomic mass is 16.5. The first kappa shape index (κ1) is 14.0. The Morgan fingerprint density at radius 1 is 1.37 bits per heavy atom. The van der Waals surface area contributed by atoms with Crippen LogP contribution in [0.4, 0.5) is 11.4 Å². The van der Waals surface area contributed by atoms with Gasteiger partial charge in [-0.25, -0.2) is 0 Å². The fraction of sp³-hybridized carbons (Fsp3) is 0.625. The molecule has 0 aliphatic heterocycles. The van der Waals surface area contributed by atoms with Crippen molar-refractivity contribution in [1.29, 1.82) is 0 Å². The molecule has 1 aliphatic carbocycles. The molecular formula is C16H26N2O. The Balaban J connectivity index is 2.09. The van der Waals surface area contributed by atoms with Crippen LogP contribution < -0.4 is 15.8 Å². The van der Waals surface area contributed by atoms with E-state index in [9.17, 15) is 0 Å². The molecule has 0 radical (unpaired) electrons. The molecule has 1 atom stereocenters. The maximum atomic E-state index is 6.19. The maximum absolute atomic E-state index is 6.19. The summed E-state index contributed by atoms with van der Waals surface area (Å²) in [6.45, 7) is 8.69. The second-order valence-electron chi connectivity index (χ2n) is 6.63. The van der Waals surface area contributed by atoms with Gasteiger partial charge < -0.3 is 15.8 Å². The van der Waals surface area contributed by atoms with Crippen molar-refractivity contribution in [3.8, 4) is 5.75 Å². The summed E-state index contributed by atoms with van der Waals surface area (Å²) in [5.74, 6) is 0.775. The van der Waals surface area contributed by atoms with Gasteiger partial charge in [0.05, 0.1) is 17.5 Å².